The van der Waals surface area contributed by atoms with E-state index in [2.05, 4.69) is 16.6 Å². The number of nitrogen functional groups attached to an aromatic ring is 1. The Kier molecular flexibility index (Phi) is 3.15. The molecule has 17 heavy (non-hydrogen) atoms. The Morgan fingerprint density at radius 3 is 2.88 bits per heavy atom. The van der Waals surface area contributed by atoms with E-state index in [0.29, 0.717) is 11.5 Å². The fraction of sp³-hybridized carbons (Fsp3) is 0.455. The molecule has 1 fully saturated rings. The number of aromatic carboxylic acids is 1. The van der Waals surface area contributed by atoms with Crippen LogP contribution in [-0.4, -0.2) is 33.6 Å². The van der Waals surface area contributed by atoms with Crippen molar-refractivity contribution in [2.45, 2.75) is 17.6 Å². The maximum Gasteiger partial charge on any atom is 0.354 e. The predicted octanol–water partition coefficient (Wildman–Crippen LogP) is 1.67. The number of nitrogens with zero attached hydrogens (tertiary/aromatic N) is 1. The van der Waals surface area contributed by atoms with Crippen LogP contribution in [0.3, 0.4) is 0 Å². The summed E-state index contributed by atoms with van der Waals surface area (Å²) < 4.78 is 0.285. The van der Waals surface area contributed by atoms with Gasteiger partial charge in [0.25, 0.3) is 0 Å². The summed E-state index contributed by atoms with van der Waals surface area (Å²) in [5.41, 5.74) is 6.24. The summed E-state index contributed by atoms with van der Waals surface area (Å²) in [6, 6.07) is 2.97. The molecule has 1 aromatic heterocycles. The summed E-state index contributed by atoms with van der Waals surface area (Å²) in [7, 11) is 0. The van der Waals surface area contributed by atoms with Crippen molar-refractivity contribution in [2.75, 3.05) is 23.9 Å². The minimum absolute atomic E-state index is 0.00991. The van der Waals surface area contributed by atoms with Gasteiger partial charge in [-0.3, -0.25) is 0 Å². The molecule has 0 atom stereocenters. The average molecular weight is 253 g/mol. The lowest BCUT2D eigenvalue weighted by Gasteiger charge is -2.14. The number of hydrogen-bond acceptors (Lipinski definition) is 5. The minimum atomic E-state index is -1.04. The summed E-state index contributed by atoms with van der Waals surface area (Å²) in [5.74, 6) is -0.579. The smallest absolute Gasteiger partial charge is 0.354 e. The minimum Gasteiger partial charge on any atom is -0.477 e. The van der Waals surface area contributed by atoms with Gasteiger partial charge in [-0.1, -0.05) is 0 Å². The van der Waals surface area contributed by atoms with Gasteiger partial charge in [0.1, 0.15) is 5.82 Å². The monoisotopic (exact) mass is 253 g/mol. The van der Waals surface area contributed by atoms with Crippen LogP contribution >= 0.6 is 11.8 Å². The molecule has 92 valence electrons. The molecule has 0 aromatic carbocycles. The van der Waals surface area contributed by atoms with Crippen LogP contribution in [0.1, 0.15) is 23.3 Å². The Labute approximate surface area is 104 Å². The highest BCUT2D eigenvalue weighted by atomic mass is 32.2. The first-order chi connectivity index (χ1) is 8.06. The van der Waals surface area contributed by atoms with Gasteiger partial charge in [0.05, 0.1) is 5.69 Å². The molecular weight excluding hydrogens is 238 g/mol. The van der Waals surface area contributed by atoms with Crippen molar-refractivity contribution in [1.82, 2.24) is 4.98 Å². The normalized spacial score (nSPS) is 16.5. The lowest BCUT2D eigenvalue weighted by Crippen LogP contribution is -2.19. The number of anilines is 2. The summed E-state index contributed by atoms with van der Waals surface area (Å²) in [4.78, 5) is 14.8. The van der Waals surface area contributed by atoms with E-state index in [1.807, 2.05) is 11.8 Å². The molecule has 0 spiro atoms. The third-order valence-corrected chi connectivity index (χ3v) is 4.38. The van der Waals surface area contributed by atoms with E-state index in [1.54, 1.807) is 6.07 Å². The standard InChI is InChI=1S/C11H15N3O2S/c1-17-11(4-5-11)6-13-9-7(12)2-3-8(14-9)10(15)16/h2-3H,4-6,12H2,1H3,(H,13,14)(H,15,16). The van der Waals surface area contributed by atoms with Crippen molar-refractivity contribution in [3.8, 4) is 0 Å². The van der Waals surface area contributed by atoms with Crippen LogP contribution in [-0.2, 0) is 0 Å². The van der Waals surface area contributed by atoms with Gasteiger partial charge in [0, 0.05) is 11.3 Å². The zero-order valence-corrected chi connectivity index (χ0v) is 10.4. The quantitative estimate of drug-likeness (QED) is 0.739. The number of carboxylic acids is 1. The number of nitrogens with two attached hydrogens (primary N) is 1. The van der Waals surface area contributed by atoms with Crippen molar-refractivity contribution < 1.29 is 9.90 Å². The van der Waals surface area contributed by atoms with Gasteiger partial charge in [-0.25, -0.2) is 9.78 Å². The number of pyridine rings is 1. The van der Waals surface area contributed by atoms with Crippen LogP contribution in [0.2, 0.25) is 0 Å². The zero-order valence-electron chi connectivity index (χ0n) is 9.56. The van der Waals surface area contributed by atoms with E-state index in [-0.39, 0.29) is 10.4 Å². The van der Waals surface area contributed by atoms with E-state index in [1.165, 1.54) is 18.9 Å². The van der Waals surface area contributed by atoms with Gasteiger partial charge in [-0.2, -0.15) is 11.8 Å². The number of carboxylic acid groups (broad SMARTS) is 1. The second-order valence-electron chi connectivity index (χ2n) is 4.18. The third-order valence-electron chi connectivity index (χ3n) is 2.96. The van der Waals surface area contributed by atoms with Crippen LogP contribution in [0.25, 0.3) is 0 Å². The van der Waals surface area contributed by atoms with Crippen molar-refractivity contribution in [2.24, 2.45) is 0 Å². The molecule has 1 aliphatic carbocycles. The average Bonchev–Trinajstić information content (AvgIpc) is 3.08. The van der Waals surface area contributed by atoms with Gasteiger partial charge in [0.15, 0.2) is 5.69 Å². The lowest BCUT2D eigenvalue weighted by atomic mass is 10.3. The summed E-state index contributed by atoms with van der Waals surface area (Å²) in [6.07, 6.45) is 4.44. The molecule has 2 rings (SSSR count). The molecule has 1 aromatic rings. The van der Waals surface area contributed by atoms with E-state index < -0.39 is 5.97 Å². The van der Waals surface area contributed by atoms with Gasteiger partial charge in [0.2, 0.25) is 0 Å². The van der Waals surface area contributed by atoms with Gasteiger partial charge in [-0.05, 0) is 31.2 Å². The maximum absolute atomic E-state index is 10.8. The van der Waals surface area contributed by atoms with E-state index in [9.17, 15) is 4.79 Å². The second-order valence-corrected chi connectivity index (χ2v) is 5.45. The summed E-state index contributed by atoms with van der Waals surface area (Å²) in [6.45, 7) is 0.772. The van der Waals surface area contributed by atoms with Gasteiger partial charge >= 0.3 is 5.97 Å². The second kappa shape index (κ2) is 4.44. The van der Waals surface area contributed by atoms with Crippen molar-refractivity contribution in [1.29, 1.82) is 0 Å². The van der Waals surface area contributed by atoms with E-state index >= 15 is 0 Å². The highest BCUT2D eigenvalue weighted by Crippen LogP contribution is 2.47. The Bertz CT molecular complexity index is 446. The molecule has 1 heterocycles. The number of nitrogens with one attached hydrogen (secondary N) is 1. The predicted molar refractivity (Wildman–Crippen MR) is 69.6 cm³/mol. The largest absolute Gasteiger partial charge is 0.477 e. The Morgan fingerprint density at radius 1 is 1.65 bits per heavy atom. The Hall–Kier alpha value is -1.43. The maximum atomic E-state index is 10.8. The van der Waals surface area contributed by atoms with Crippen LogP contribution in [0, 0.1) is 0 Å². The summed E-state index contributed by atoms with van der Waals surface area (Å²) >= 11 is 1.83. The third kappa shape index (κ3) is 2.63. The Morgan fingerprint density at radius 2 is 2.35 bits per heavy atom. The lowest BCUT2D eigenvalue weighted by molar-refractivity contribution is 0.0690. The zero-order chi connectivity index (χ0) is 12.5. The van der Waals surface area contributed by atoms with Crippen molar-refractivity contribution in [3.63, 3.8) is 0 Å². The molecule has 0 bridgehead atoms. The molecule has 0 amide bonds. The molecule has 0 unspecified atom stereocenters. The van der Waals surface area contributed by atoms with E-state index in [4.69, 9.17) is 10.8 Å². The van der Waals surface area contributed by atoms with Crippen LogP contribution in [0.15, 0.2) is 12.1 Å². The molecular formula is C11H15N3O2S. The first-order valence-electron chi connectivity index (χ1n) is 5.35. The molecule has 0 aliphatic heterocycles. The van der Waals surface area contributed by atoms with Crippen molar-refractivity contribution in [3.05, 3.63) is 17.8 Å². The highest BCUT2D eigenvalue weighted by Gasteiger charge is 2.41. The molecule has 6 heteroatoms. The Balaban J connectivity index is 2.09. The van der Waals surface area contributed by atoms with E-state index in [0.717, 1.165) is 6.54 Å². The van der Waals surface area contributed by atoms with Gasteiger partial charge < -0.3 is 16.2 Å². The molecule has 0 saturated heterocycles. The number of thioether (sulfide) groups is 1. The van der Waals surface area contributed by atoms with Crippen LogP contribution in [0.5, 0.6) is 0 Å². The summed E-state index contributed by atoms with van der Waals surface area (Å²) in [5, 5.41) is 12.0. The van der Waals surface area contributed by atoms with Crippen LogP contribution < -0.4 is 11.1 Å². The first-order valence-corrected chi connectivity index (χ1v) is 6.58. The molecule has 1 saturated carbocycles. The molecule has 0 radical (unpaired) electrons. The number of carbonyl (C=O) groups is 1. The number of aromatic nitrogens is 1. The van der Waals surface area contributed by atoms with Crippen molar-refractivity contribution >= 4 is 29.2 Å². The highest BCUT2D eigenvalue weighted by molar-refractivity contribution is 8.00. The number of hydrogen-bond donors (Lipinski definition) is 3. The fourth-order valence-electron chi connectivity index (χ4n) is 1.57. The first kappa shape index (κ1) is 12.0. The number of rotatable bonds is 5. The molecule has 1 aliphatic rings. The fourth-order valence-corrected chi connectivity index (χ4v) is 2.29. The topological polar surface area (TPSA) is 88.2 Å². The molecule has 4 N–H and O–H groups in total. The van der Waals surface area contributed by atoms with Crippen LogP contribution in [0.4, 0.5) is 11.5 Å². The molecule has 5 nitrogen and oxygen atoms in total. The van der Waals surface area contributed by atoms with Gasteiger partial charge in [-0.15, -0.1) is 0 Å². The SMILES string of the molecule is CSC1(CNc2nc(C(=O)O)ccc2N)CC1.